The van der Waals surface area contributed by atoms with E-state index >= 15 is 0 Å². The molecule has 3 saturated carbocycles. The summed E-state index contributed by atoms with van der Waals surface area (Å²) in [5.74, 6) is -2.77. The molecule has 3 aliphatic carbocycles. The fourth-order valence-corrected chi connectivity index (χ4v) is 6.50. The second-order valence-electron chi connectivity index (χ2n) is 14.9. The monoisotopic (exact) mass is 715 g/mol. The summed E-state index contributed by atoms with van der Waals surface area (Å²) in [7, 11) is 0. The number of nitrogens with one attached hydrogen (secondary N) is 3. The molecule has 278 valence electrons. The van der Waals surface area contributed by atoms with Gasteiger partial charge in [-0.2, -0.15) is 0 Å². The van der Waals surface area contributed by atoms with Crippen molar-refractivity contribution >= 4 is 23.7 Å². The maximum absolute atomic E-state index is 13.5. The van der Waals surface area contributed by atoms with Crippen LogP contribution in [0.25, 0.3) is 0 Å². The molecule has 0 radical (unpaired) electrons. The number of aliphatic imine (C=N–C) groups is 1. The van der Waals surface area contributed by atoms with E-state index in [9.17, 15) is 22.8 Å². The molecule has 0 spiro atoms. The molecular weight excluding hydrogens is 663 g/mol. The molecule has 6 rings (SSSR count). The number of carbonyl (C=O) groups is 2. The Balaban J connectivity index is 0.000000289. The van der Waals surface area contributed by atoms with Crippen LogP contribution in [0.5, 0.6) is 0 Å². The summed E-state index contributed by atoms with van der Waals surface area (Å²) in [6.45, 7) is 10.7. The van der Waals surface area contributed by atoms with Gasteiger partial charge in [-0.1, -0.05) is 56.3 Å². The van der Waals surface area contributed by atoms with Gasteiger partial charge in [-0.25, -0.2) is 18.2 Å². The van der Waals surface area contributed by atoms with Gasteiger partial charge in [-0.15, -0.1) is 0 Å². The molecule has 7 nitrogen and oxygen atoms in total. The minimum atomic E-state index is -2.64. The zero-order valence-electron chi connectivity index (χ0n) is 30.6. The molecule has 2 aromatic carbocycles. The number of alkyl halides is 2. The van der Waals surface area contributed by atoms with E-state index in [1.807, 2.05) is 35.4 Å². The van der Waals surface area contributed by atoms with Crippen molar-refractivity contribution in [3.63, 3.8) is 0 Å². The molecule has 10 heteroatoms. The highest BCUT2D eigenvalue weighted by molar-refractivity contribution is 5.93. The number of benzene rings is 2. The van der Waals surface area contributed by atoms with E-state index in [0.29, 0.717) is 17.9 Å². The Hall–Kier alpha value is -4.60. The van der Waals surface area contributed by atoms with Crippen LogP contribution < -0.4 is 16.0 Å². The largest absolute Gasteiger partial charge is 0.381 e. The van der Waals surface area contributed by atoms with Gasteiger partial charge in [-0.05, 0) is 100 Å². The van der Waals surface area contributed by atoms with Crippen molar-refractivity contribution in [2.75, 3.05) is 5.32 Å². The zero-order valence-corrected chi connectivity index (χ0v) is 30.6. The first-order valence-corrected chi connectivity index (χ1v) is 18.5. The third-order valence-electron chi connectivity index (χ3n) is 9.70. The molecule has 3 N–H and O–H groups in total. The van der Waals surface area contributed by atoms with Crippen molar-refractivity contribution < 1.29 is 22.8 Å². The fraction of sp³-hybridized carbons (Fsp3) is 0.452. The van der Waals surface area contributed by atoms with Gasteiger partial charge in [0.2, 0.25) is 17.7 Å². The summed E-state index contributed by atoms with van der Waals surface area (Å²) in [5.41, 5.74) is 5.05. The third kappa shape index (κ3) is 11.2. The van der Waals surface area contributed by atoms with E-state index in [2.05, 4.69) is 54.4 Å². The highest BCUT2D eigenvalue weighted by atomic mass is 19.3. The van der Waals surface area contributed by atoms with Crippen molar-refractivity contribution in [2.24, 2.45) is 16.8 Å². The Morgan fingerprint density at radius 3 is 2.31 bits per heavy atom. The molecule has 2 amide bonds. The zero-order chi connectivity index (χ0) is 37.3. The van der Waals surface area contributed by atoms with E-state index < -0.39 is 11.8 Å². The number of allylic oxidation sites excluding steroid dienone is 3. The van der Waals surface area contributed by atoms with Gasteiger partial charge >= 0.3 is 0 Å². The first-order valence-electron chi connectivity index (χ1n) is 18.5. The number of nitrogens with zero attached hydrogens (tertiary/aromatic N) is 2. The predicted molar refractivity (Wildman–Crippen MR) is 202 cm³/mol. The number of anilines is 1. The van der Waals surface area contributed by atoms with Gasteiger partial charge in [0.25, 0.3) is 0 Å². The van der Waals surface area contributed by atoms with Gasteiger partial charge < -0.3 is 20.9 Å². The second-order valence-corrected chi connectivity index (χ2v) is 14.9. The topological polar surface area (TPSA) is 85.8 Å². The summed E-state index contributed by atoms with van der Waals surface area (Å²) >= 11 is 0. The molecule has 52 heavy (non-hydrogen) atoms. The van der Waals surface area contributed by atoms with Gasteiger partial charge in [-0.3, -0.25) is 9.59 Å². The summed E-state index contributed by atoms with van der Waals surface area (Å²) in [6.07, 6.45) is 15.8. The number of carbonyl (C=O) groups excluding carboxylic acids is 2. The normalized spacial score (nSPS) is 18.7. The quantitative estimate of drug-likeness (QED) is 0.182. The number of hydrogen-bond donors (Lipinski definition) is 3. The first kappa shape index (κ1) is 38.6. The SMILES string of the molecule is C=C1N=CC=CN1/C(=C\CCC)CC(NC(=O)C1CC1)C(NC(C)(C)Cc1ccc(F)cc1)=C1CCC1.O=C(Nc1ccccc1)C1CC(F)(F)C1. The summed E-state index contributed by atoms with van der Waals surface area (Å²) in [5, 5.41) is 9.88. The van der Waals surface area contributed by atoms with Crippen molar-refractivity contribution in [1.82, 2.24) is 15.5 Å². The fourth-order valence-electron chi connectivity index (χ4n) is 6.50. The lowest BCUT2D eigenvalue weighted by Crippen LogP contribution is -2.50. The number of para-hydroxylation sites is 1. The molecule has 4 aliphatic rings. The lowest BCUT2D eigenvalue weighted by molar-refractivity contribution is -0.145. The molecule has 1 heterocycles. The average molecular weight is 716 g/mol. The molecule has 2 aromatic rings. The number of amides is 2. The molecule has 1 atom stereocenters. The Bertz CT molecular complexity index is 1680. The second kappa shape index (κ2) is 17.3. The van der Waals surface area contributed by atoms with Gasteiger partial charge in [0, 0.05) is 66.1 Å². The van der Waals surface area contributed by atoms with Gasteiger partial charge in [0.1, 0.15) is 11.6 Å². The molecule has 0 bridgehead atoms. The van der Waals surface area contributed by atoms with Crippen molar-refractivity contribution in [1.29, 1.82) is 0 Å². The first-order chi connectivity index (χ1) is 24.8. The van der Waals surface area contributed by atoms with Crippen LogP contribution in [0.3, 0.4) is 0 Å². The lowest BCUT2D eigenvalue weighted by Gasteiger charge is -2.38. The van der Waals surface area contributed by atoms with Crippen LogP contribution in [0.4, 0.5) is 18.9 Å². The summed E-state index contributed by atoms with van der Waals surface area (Å²) in [6, 6.07) is 15.4. The van der Waals surface area contributed by atoms with Crippen LogP contribution in [0.1, 0.15) is 90.5 Å². The van der Waals surface area contributed by atoms with Crippen LogP contribution in [0.15, 0.2) is 107 Å². The van der Waals surface area contributed by atoms with Crippen LogP contribution in [-0.4, -0.2) is 40.4 Å². The van der Waals surface area contributed by atoms with Crippen LogP contribution in [-0.2, 0) is 16.0 Å². The number of hydrogen-bond acceptors (Lipinski definition) is 5. The standard InChI is InChI=1S/C31H41FN4O.C11H11F2NO/c1-5-6-11-27(36-19-8-18-33-22(36)2)20-28(34-30(37)25-14-15-25)29(24-9-7-10-24)35-31(3,4)21-23-12-16-26(32)17-13-23;12-11(13)6-8(7-11)10(15)14-9-4-2-1-3-5-9/h8,11-13,16-19,25,28,35H,2,5-7,9-10,14-15,20-21H2,1,3-4H3,(H,34,37);1-5,8H,6-7H2,(H,14,15)/b27-11-;. The van der Waals surface area contributed by atoms with Crippen LogP contribution in [0, 0.1) is 17.7 Å². The van der Waals surface area contributed by atoms with E-state index in [1.165, 1.54) is 24.1 Å². The Kier molecular flexibility index (Phi) is 12.8. The maximum atomic E-state index is 13.5. The van der Waals surface area contributed by atoms with E-state index in [0.717, 1.165) is 61.9 Å². The predicted octanol–water partition coefficient (Wildman–Crippen LogP) is 9.19. The molecule has 3 fully saturated rings. The summed E-state index contributed by atoms with van der Waals surface area (Å²) in [4.78, 5) is 31.0. The molecule has 1 aliphatic heterocycles. The van der Waals surface area contributed by atoms with Crippen molar-refractivity contribution in [2.45, 2.75) is 109 Å². The van der Waals surface area contributed by atoms with E-state index in [4.69, 9.17) is 0 Å². The minimum absolute atomic E-state index is 0.125. The van der Waals surface area contributed by atoms with Crippen LogP contribution >= 0.6 is 0 Å². The summed E-state index contributed by atoms with van der Waals surface area (Å²) < 4.78 is 38.5. The minimum Gasteiger partial charge on any atom is -0.381 e. The average Bonchev–Trinajstić information content (AvgIpc) is 3.92. The van der Waals surface area contributed by atoms with Crippen LogP contribution in [0.2, 0.25) is 0 Å². The highest BCUT2D eigenvalue weighted by Gasteiger charge is 2.48. The maximum Gasteiger partial charge on any atom is 0.249 e. The highest BCUT2D eigenvalue weighted by Crippen LogP contribution is 2.42. The number of halogens is 3. The van der Waals surface area contributed by atoms with Gasteiger partial charge in [0.05, 0.1) is 6.04 Å². The molecule has 1 unspecified atom stereocenters. The Labute approximate surface area is 306 Å². The third-order valence-corrected chi connectivity index (χ3v) is 9.70. The Morgan fingerprint density at radius 1 is 1.04 bits per heavy atom. The lowest BCUT2D eigenvalue weighted by atomic mass is 9.81. The molecule has 0 saturated heterocycles. The smallest absolute Gasteiger partial charge is 0.249 e. The molecular formula is C42H52F3N5O2. The van der Waals surface area contributed by atoms with E-state index in [1.54, 1.807) is 30.5 Å². The molecule has 0 aromatic heterocycles. The Morgan fingerprint density at radius 2 is 1.73 bits per heavy atom. The van der Waals surface area contributed by atoms with Crippen molar-refractivity contribution in [3.8, 4) is 0 Å². The van der Waals surface area contributed by atoms with E-state index in [-0.39, 0.29) is 48.0 Å². The number of rotatable bonds is 14. The number of unbranched alkanes of at least 4 members (excludes halogenated alkanes) is 1. The van der Waals surface area contributed by atoms with Gasteiger partial charge in [0.15, 0.2) is 0 Å². The van der Waals surface area contributed by atoms with Crippen molar-refractivity contribution in [3.05, 3.63) is 114 Å².